The monoisotopic (exact) mass is 309 g/mol. The van der Waals surface area contributed by atoms with Gasteiger partial charge in [-0.3, -0.25) is 0 Å². The summed E-state index contributed by atoms with van der Waals surface area (Å²) in [7, 11) is 0. The Hall–Kier alpha value is -1.62. The van der Waals surface area contributed by atoms with Gasteiger partial charge < -0.3 is 5.32 Å². The molecule has 21 heavy (non-hydrogen) atoms. The van der Waals surface area contributed by atoms with Gasteiger partial charge in [-0.1, -0.05) is 36.0 Å². The summed E-state index contributed by atoms with van der Waals surface area (Å²) in [6, 6.07) is 12.0. The average molecular weight is 309 g/mol. The molecule has 5 heteroatoms. The van der Waals surface area contributed by atoms with E-state index in [9.17, 15) is 13.2 Å². The lowest BCUT2D eigenvalue weighted by Crippen LogP contribution is -2.08. The summed E-state index contributed by atoms with van der Waals surface area (Å²) in [5.74, 6) is -2.65. The minimum Gasteiger partial charge on any atom is -0.377 e. The van der Waals surface area contributed by atoms with E-state index in [1.54, 1.807) is 30.3 Å². The number of fused-ring (bicyclic) bond motifs is 1. The van der Waals surface area contributed by atoms with Crippen molar-refractivity contribution in [1.29, 1.82) is 0 Å². The van der Waals surface area contributed by atoms with Gasteiger partial charge in [0.25, 0.3) is 5.76 Å². The van der Waals surface area contributed by atoms with Crippen LogP contribution in [-0.4, -0.2) is 5.76 Å². The standard InChI is InChI=1S/C16H14F3NS/c17-12-5-3-4-11-10(12)8-9-13(11)20-14-6-1-2-7-15(14)21-16(18)19/h1-7,13,16,20H,8-9H2. The zero-order valence-corrected chi connectivity index (χ0v) is 12.0. The topological polar surface area (TPSA) is 12.0 Å². The Bertz CT molecular complexity index is 645. The quantitative estimate of drug-likeness (QED) is 0.775. The van der Waals surface area contributed by atoms with Crippen LogP contribution in [0.25, 0.3) is 0 Å². The van der Waals surface area contributed by atoms with E-state index in [1.807, 2.05) is 6.07 Å². The predicted octanol–water partition coefficient (Wildman–Crippen LogP) is 5.24. The van der Waals surface area contributed by atoms with Crippen molar-refractivity contribution < 1.29 is 13.2 Å². The van der Waals surface area contributed by atoms with Crippen LogP contribution in [0.1, 0.15) is 23.6 Å². The molecular weight excluding hydrogens is 295 g/mol. The molecule has 0 fully saturated rings. The largest absolute Gasteiger partial charge is 0.377 e. The summed E-state index contributed by atoms with van der Waals surface area (Å²) in [4.78, 5) is 0.511. The maximum Gasteiger partial charge on any atom is 0.288 e. The van der Waals surface area contributed by atoms with Crippen LogP contribution in [0.15, 0.2) is 47.4 Å². The molecule has 2 aromatic rings. The number of hydrogen-bond acceptors (Lipinski definition) is 2. The smallest absolute Gasteiger partial charge is 0.288 e. The fourth-order valence-corrected chi connectivity index (χ4v) is 3.34. The van der Waals surface area contributed by atoms with Crippen LogP contribution in [0.2, 0.25) is 0 Å². The molecule has 1 aliphatic rings. The van der Waals surface area contributed by atoms with E-state index in [0.29, 0.717) is 28.8 Å². The molecule has 0 saturated heterocycles. The SMILES string of the molecule is Fc1cccc2c1CCC2Nc1ccccc1SC(F)F. The molecule has 0 bridgehead atoms. The summed E-state index contributed by atoms with van der Waals surface area (Å²) in [6.07, 6.45) is 1.44. The maximum atomic E-state index is 13.7. The average Bonchev–Trinajstić information content (AvgIpc) is 2.85. The van der Waals surface area contributed by atoms with Crippen molar-refractivity contribution in [2.24, 2.45) is 0 Å². The molecule has 0 radical (unpaired) electrons. The summed E-state index contributed by atoms with van der Waals surface area (Å²) >= 11 is 0.523. The second-order valence-electron chi connectivity index (χ2n) is 4.92. The van der Waals surface area contributed by atoms with Crippen molar-refractivity contribution >= 4 is 17.4 Å². The van der Waals surface area contributed by atoms with Gasteiger partial charge in [0.1, 0.15) is 5.82 Å². The van der Waals surface area contributed by atoms with Gasteiger partial charge >= 0.3 is 0 Å². The van der Waals surface area contributed by atoms with Crippen molar-refractivity contribution in [2.75, 3.05) is 5.32 Å². The van der Waals surface area contributed by atoms with Gasteiger partial charge in [-0.15, -0.1) is 0 Å². The fourth-order valence-electron chi connectivity index (χ4n) is 2.73. The number of thioether (sulfide) groups is 1. The molecule has 110 valence electrons. The van der Waals surface area contributed by atoms with Crippen molar-refractivity contribution in [2.45, 2.75) is 29.5 Å². The van der Waals surface area contributed by atoms with Crippen molar-refractivity contribution in [3.63, 3.8) is 0 Å². The summed E-state index contributed by atoms with van der Waals surface area (Å²) in [5.41, 5.74) is 2.32. The number of rotatable bonds is 4. The van der Waals surface area contributed by atoms with Gasteiger partial charge in [0.2, 0.25) is 0 Å². The van der Waals surface area contributed by atoms with Crippen LogP contribution in [-0.2, 0) is 6.42 Å². The Morgan fingerprint density at radius 2 is 1.90 bits per heavy atom. The van der Waals surface area contributed by atoms with Gasteiger partial charge in [-0.05, 0) is 42.2 Å². The third-order valence-electron chi connectivity index (χ3n) is 3.65. The van der Waals surface area contributed by atoms with E-state index in [2.05, 4.69) is 5.32 Å². The van der Waals surface area contributed by atoms with Crippen molar-refractivity contribution in [3.8, 4) is 0 Å². The van der Waals surface area contributed by atoms with E-state index in [1.165, 1.54) is 6.07 Å². The van der Waals surface area contributed by atoms with Crippen LogP contribution >= 0.6 is 11.8 Å². The first-order chi connectivity index (χ1) is 10.1. The second kappa shape index (κ2) is 6.02. The molecule has 0 saturated carbocycles. The van der Waals surface area contributed by atoms with Crippen molar-refractivity contribution in [3.05, 3.63) is 59.4 Å². The zero-order valence-electron chi connectivity index (χ0n) is 11.2. The molecule has 1 aliphatic carbocycles. The van der Waals surface area contributed by atoms with Crippen molar-refractivity contribution in [1.82, 2.24) is 0 Å². The first-order valence-corrected chi connectivity index (χ1v) is 7.61. The predicted molar refractivity (Wildman–Crippen MR) is 79.4 cm³/mol. The normalized spacial score (nSPS) is 17.0. The minimum absolute atomic E-state index is 0.0323. The van der Waals surface area contributed by atoms with E-state index < -0.39 is 5.76 Å². The van der Waals surface area contributed by atoms with Crippen LogP contribution < -0.4 is 5.32 Å². The molecule has 3 rings (SSSR count). The van der Waals surface area contributed by atoms with Crippen LogP contribution in [0.4, 0.5) is 18.9 Å². The number of para-hydroxylation sites is 1. The molecule has 1 unspecified atom stereocenters. The molecular formula is C16H14F3NS. The fraction of sp³-hybridized carbons (Fsp3) is 0.250. The van der Waals surface area contributed by atoms with Crippen LogP contribution in [0.3, 0.4) is 0 Å². The molecule has 0 spiro atoms. The zero-order chi connectivity index (χ0) is 14.8. The third kappa shape index (κ3) is 3.02. The van der Waals surface area contributed by atoms with Crippen LogP contribution in [0.5, 0.6) is 0 Å². The Morgan fingerprint density at radius 1 is 1.10 bits per heavy atom. The molecule has 0 heterocycles. The molecule has 1 N–H and O–H groups in total. The molecule has 1 atom stereocenters. The lowest BCUT2D eigenvalue weighted by molar-refractivity contribution is 0.252. The maximum absolute atomic E-state index is 13.7. The minimum atomic E-state index is -2.46. The second-order valence-corrected chi connectivity index (χ2v) is 5.95. The van der Waals surface area contributed by atoms with Gasteiger partial charge in [-0.25, -0.2) is 4.39 Å². The third-order valence-corrected chi connectivity index (χ3v) is 4.43. The lowest BCUT2D eigenvalue weighted by Gasteiger charge is -2.18. The summed E-state index contributed by atoms with van der Waals surface area (Å²) < 4.78 is 38.9. The summed E-state index contributed by atoms with van der Waals surface area (Å²) in [6.45, 7) is 0. The molecule has 1 nitrogen and oxygen atoms in total. The Morgan fingerprint density at radius 3 is 2.71 bits per heavy atom. The number of alkyl halides is 2. The van der Waals surface area contributed by atoms with Crippen LogP contribution in [0, 0.1) is 5.82 Å². The van der Waals surface area contributed by atoms with Gasteiger partial charge in [0, 0.05) is 10.6 Å². The van der Waals surface area contributed by atoms with Gasteiger partial charge in [-0.2, -0.15) is 8.78 Å². The Labute approximate surface area is 125 Å². The lowest BCUT2D eigenvalue weighted by atomic mass is 10.1. The summed E-state index contributed by atoms with van der Waals surface area (Å²) in [5, 5.41) is 3.28. The molecule has 0 aromatic heterocycles. The highest BCUT2D eigenvalue weighted by atomic mass is 32.2. The molecule has 0 aliphatic heterocycles. The molecule has 2 aromatic carbocycles. The highest BCUT2D eigenvalue weighted by Gasteiger charge is 2.25. The highest BCUT2D eigenvalue weighted by molar-refractivity contribution is 7.99. The first kappa shape index (κ1) is 14.3. The van der Waals surface area contributed by atoms with E-state index in [0.717, 1.165) is 17.5 Å². The number of benzene rings is 2. The highest BCUT2D eigenvalue weighted by Crippen LogP contribution is 2.38. The number of nitrogens with one attached hydrogen (secondary N) is 1. The van der Waals surface area contributed by atoms with Gasteiger partial charge in [0.05, 0.1) is 6.04 Å². The van der Waals surface area contributed by atoms with E-state index >= 15 is 0 Å². The van der Waals surface area contributed by atoms with E-state index in [4.69, 9.17) is 0 Å². The van der Waals surface area contributed by atoms with Gasteiger partial charge in [0.15, 0.2) is 0 Å². The first-order valence-electron chi connectivity index (χ1n) is 6.73. The number of anilines is 1. The number of hydrogen-bond donors (Lipinski definition) is 1. The molecule has 0 amide bonds. The Balaban J connectivity index is 1.85. The Kier molecular flexibility index (Phi) is 4.10. The van der Waals surface area contributed by atoms with E-state index in [-0.39, 0.29) is 11.9 Å². The number of halogens is 3.